The van der Waals surface area contributed by atoms with E-state index in [9.17, 15) is 9.59 Å². The number of amides is 2. The highest BCUT2D eigenvalue weighted by Crippen LogP contribution is 2.20. The summed E-state index contributed by atoms with van der Waals surface area (Å²) in [5.41, 5.74) is 2.05. The van der Waals surface area contributed by atoms with E-state index in [-0.39, 0.29) is 31.5 Å². The molecule has 1 aromatic carbocycles. The summed E-state index contributed by atoms with van der Waals surface area (Å²) >= 11 is 5.83. The van der Waals surface area contributed by atoms with Crippen LogP contribution in [0.2, 0.25) is 5.02 Å². The van der Waals surface area contributed by atoms with Gasteiger partial charge >= 0.3 is 0 Å². The first-order valence-electron chi connectivity index (χ1n) is 6.71. The van der Waals surface area contributed by atoms with Crippen molar-refractivity contribution in [2.24, 2.45) is 0 Å². The zero-order valence-corrected chi connectivity index (χ0v) is 12.5. The molecule has 22 heavy (non-hydrogen) atoms. The Hall–Kier alpha value is -2.31. The molecule has 2 rings (SSSR count). The quantitative estimate of drug-likeness (QED) is 0.643. The number of aromatic nitrogens is 1. The Morgan fingerprint density at radius 2 is 1.82 bits per heavy atom. The summed E-state index contributed by atoms with van der Waals surface area (Å²) in [6, 6.07) is 10.6. The van der Waals surface area contributed by atoms with E-state index in [4.69, 9.17) is 16.7 Å². The predicted molar refractivity (Wildman–Crippen MR) is 83.7 cm³/mol. The highest BCUT2D eigenvalue weighted by molar-refractivity contribution is 6.30. The second kappa shape index (κ2) is 7.63. The van der Waals surface area contributed by atoms with Crippen molar-refractivity contribution in [3.05, 3.63) is 47.1 Å². The number of aliphatic hydroxyl groups excluding tert-OH is 1. The number of H-pyrrole nitrogens is 1. The molecule has 7 heteroatoms. The minimum absolute atomic E-state index is 0.138. The molecule has 1 aromatic heterocycles. The van der Waals surface area contributed by atoms with E-state index >= 15 is 0 Å². The van der Waals surface area contributed by atoms with Crippen molar-refractivity contribution in [3.8, 4) is 11.3 Å². The molecular formula is C15H16ClN3O3. The molecule has 0 saturated carbocycles. The molecule has 116 valence electrons. The molecule has 0 spiro atoms. The SMILES string of the molecule is O=C(CNC(=O)c1ccc(-c2ccc(Cl)cc2)[nH]1)NCCO. The summed E-state index contributed by atoms with van der Waals surface area (Å²) in [6.45, 7) is -0.118. The van der Waals surface area contributed by atoms with Crippen LogP contribution < -0.4 is 10.6 Å². The lowest BCUT2D eigenvalue weighted by molar-refractivity contribution is -0.120. The van der Waals surface area contributed by atoms with Gasteiger partial charge in [0.05, 0.1) is 13.2 Å². The van der Waals surface area contributed by atoms with Crippen molar-refractivity contribution < 1.29 is 14.7 Å². The highest BCUT2D eigenvalue weighted by atomic mass is 35.5. The van der Waals surface area contributed by atoms with E-state index in [1.807, 2.05) is 12.1 Å². The van der Waals surface area contributed by atoms with E-state index in [0.29, 0.717) is 10.7 Å². The first-order valence-corrected chi connectivity index (χ1v) is 7.08. The number of hydrogen-bond donors (Lipinski definition) is 4. The molecule has 0 saturated heterocycles. The Balaban J connectivity index is 1.94. The molecule has 0 aliphatic heterocycles. The first kappa shape index (κ1) is 16.1. The van der Waals surface area contributed by atoms with Crippen LogP contribution in [0.4, 0.5) is 0 Å². The highest BCUT2D eigenvalue weighted by Gasteiger charge is 2.10. The van der Waals surface area contributed by atoms with Crippen molar-refractivity contribution in [1.82, 2.24) is 15.6 Å². The number of halogens is 1. The van der Waals surface area contributed by atoms with E-state index < -0.39 is 0 Å². The molecule has 0 fully saturated rings. The molecule has 0 aliphatic carbocycles. The first-order chi connectivity index (χ1) is 10.6. The Bertz CT molecular complexity index is 652. The molecular weight excluding hydrogens is 306 g/mol. The molecule has 0 radical (unpaired) electrons. The summed E-state index contributed by atoms with van der Waals surface area (Å²) in [4.78, 5) is 26.3. The maximum absolute atomic E-state index is 11.9. The fraction of sp³-hybridized carbons (Fsp3) is 0.200. The molecule has 1 heterocycles. The molecule has 2 aromatic rings. The number of rotatable bonds is 6. The van der Waals surface area contributed by atoms with E-state index in [0.717, 1.165) is 11.3 Å². The van der Waals surface area contributed by atoms with E-state index in [1.165, 1.54) is 0 Å². The third-order valence-electron chi connectivity index (χ3n) is 2.93. The minimum Gasteiger partial charge on any atom is -0.395 e. The van der Waals surface area contributed by atoms with Crippen LogP contribution >= 0.6 is 11.6 Å². The fourth-order valence-corrected chi connectivity index (χ4v) is 1.96. The van der Waals surface area contributed by atoms with Gasteiger partial charge in [-0.2, -0.15) is 0 Å². The Kier molecular flexibility index (Phi) is 5.57. The molecule has 4 N–H and O–H groups in total. The van der Waals surface area contributed by atoms with Gasteiger partial charge < -0.3 is 20.7 Å². The van der Waals surface area contributed by atoms with Gasteiger partial charge in [0.2, 0.25) is 5.91 Å². The van der Waals surface area contributed by atoms with Crippen LogP contribution in [0.5, 0.6) is 0 Å². The third kappa shape index (κ3) is 4.34. The Labute approximate surface area is 132 Å². The van der Waals surface area contributed by atoms with Gasteiger partial charge in [0, 0.05) is 17.3 Å². The maximum atomic E-state index is 11.9. The van der Waals surface area contributed by atoms with Gasteiger partial charge in [-0.3, -0.25) is 9.59 Å². The topological polar surface area (TPSA) is 94.2 Å². The summed E-state index contributed by atoms with van der Waals surface area (Å²) in [7, 11) is 0. The molecule has 2 amide bonds. The van der Waals surface area contributed by atoms with Gasteiger partial charge in [0.25, 0.3) is 5.91 Å². The lowest BCUT2D eigenvalue weighted by Gasteiger charge is -2.04. The number of carbonyl (C=O) groups is 2. The van der Waals surface area contributed by atoms with Crippen molar-refractivity contribution in [2.75, 3.05) is 19.7 Å². The van der Waals surface area contributed by atoms with Crippen LogP contribution in [-0.4, -0.2) is 41.6 Å². The average molecular weight is 322 g/mol. The number of hydrogen-bond acceptors (Lipinski definition) is 3. The monoisotopic (exact) mass is 321 g/mol. The van der Waals surface area contributed by atoms with Gasteiger partial charge in [0.15, 0.2) is 0 Å². The van der Waals surface area contributed by atoms with Crippen LogP contribution in [0, 0.1) is 0 Å². The van der Waals surface area contributed by atoms with Crippen molar-refractivity contribution >= 4 is 23.4 Å². The Morgan fingerprint density at radius 1 is 1.09 bits per heavy atom. The van der Waals surface area contributed by atoms with Crippen LogP contribution in [0.15, 0.2) is 36.4 Å². The van der Waals surface area contributed by atoms with Crippen LogP contribution in [-0.2, 0) is 4.79 Å². The molecule has 6 nitrogen and oxygen atoms in total. The lowest BCUT2D eigenvalue weighted by Crippen LogP contribution is -2.38. The summed E-state index contributed by atoms with van der Waals surface area (Å²) in [6.07, 6.45) is 0. The molecule has 0 atom stereocenters. The van der Waals surface area contributed by atoms with Crippen LogP contribution in [0.25, 0.3) is 11.3 Å². The number of carbonyl (C=O) groups excluding carboxylic acids is 2. The van der Waals surface area contributed by atoms with E-state index in [2.05, 4.69) is 15.6 Å². The van der Waals surface area contributed by atoms with Crippen molar-refractivity contribution in [3.63, 3.8) is 0 Å². The number of aromatic amines is 1. The van der Waals surface area contributed by atoms with Crippen LogP contribution in [0.3, 0.4) is 0 Å². The molecule has 0 unspecified atom stereocenters. The number of benzene rings is 1. The number of nitrogens with one attached hydrogen (secondary N) is 3. The minimum atomic E-state index is -0.376. The van der Waals surface area contributed by atoms with Gasteiger partial charge in [-0.05, 0) is 29.8 Å². The normalized spacial score (nSPS) is 10.3. The van der Waals surface area contributed by atoms with Crippen molar-refractivity contribution in [1.29, 1.82) is 0 Å². The van der Waals surface area contributed by atoms with Gasteiger partial charge in [-0.15, -0.1) is 0 Å². The fourth-order valence-electron chi connectivity index (χ4n) is 1.84. The third-order valence-corrected chi connectivity index (χ3v) is 3.18. The number of aliphatic hydroxyl groups is 1. The molecule has 0 aliphatic rings. The van der Waals surface area contributed by atoms with Crippen LogP contribution in [0.1, 0.15) is 10.5 Å². The zero-order chi connectivity index (χ0) is 15.9. The standard InChI is InChI=1S/C15H16ClN3O3/c16-11-3-1-10(2-4-11)12-5-6-13(19-12)15(22)18-9-14(21)17-7-8-20/h1-6,19-20H,7-9H2,(H,17,21)(H,18,22). The zero-order valence-electron chi connectivity index (χ0n) is 11.7. The second-order valence-corrected chi connectivity index (χ2v) is 4.99. The Morgan fingerprint density at radius 3 is 2.50 bits per heavy atom. The maximum Gasteiger partial charge on any atom is 0.268 e. The van der Waals surface area contributed by atoms with Gasteiger partial charge in [-0.1, -0.05) is 23.7 Å². The van der Waals surface area contributed by atoms with E-state index in [1.54, 1.807) is 24.3 Å². The summed E-state index contributed by atoms with van der Waals surface area (Å²) in [5.74, 6) is -0.730. The summed E-state index contributed by atoms with van der Waals surface area (Å²) < 4.78 is 0. The predicted octanol–water partition coefficient (Wildman–Crippen LogP) is 1.17. The lowest BCUT2D eigenvalue weighted by atomic mass is 10.2. The van der Waals surface area contributed by atoms with Crippen molar-refractivity contribution in [2.45, 2.75) is 0 Å². The average Bonchev–Trinajstić information content (AvgIpc) is 3.01. The largest absolute Gasteiger partial charge is 0.395 e. The summed E-state index contributed by atoms with van der Waals surface area (Å²) in [5, 5.41) is 14.2. The van der Waals surface area contributed by atoms with Gasteiger partial charge in [-0.25, -0.2) is 0 Å². The smallest absolute Gasteiger partial charge is 0.268 e. The second-order valence-electron chi connectivity index (χ2n) is 4.55. The molecule has 0 bridgehead atoms. The van der Waals surface area contributed by atoms with Gasteiger partial charge in [0.1, 0.15) is 5.69 Å².